The average molecular weight is 414 g/mol. The fraction of sp³-hybridized carbons (Fsp3) is 0.385. The first kappa shape index (κ1) is 20.9. The Labute approximate surface area is 175 Å². The smallest absolute Gasteiger partial charge is 0.194 e. The van der Waals surface area contributed by atoms with Crippen molar-refractivity contribution in [2.75, 3.05) is 0 Å². The van der Waals surface area contributed by atoms with Crippen molar-refractivity contribution in [2.24, 2.45) is 23.7 Å². The van der Waals surface area contributed by atoms with E-state index in [-0.39, 0.29) is 11.1 Å². The van der Waals surface area contributed by atoms with Gasteiger partial charge in [-0.15, -0.1) is 0 Å². The lowest BCUT2D eigenvalue weighted by atomic mass is 9.70. The molecule has 4 heteroatoms. The first-order chi connectivity index (χ1) is 14.3. The molecule has 2 atom stereocenters. The number of hydrogen-bond donors (Lipinski definition) is 0. The predicted molar refractivity (Wildman–Crippen MR) is 113 cm³/mol. The number of benzene rings is 2. The topological polar surface area (TPSA) is 0 Å². The molecule has 0 radical (unpaired) electrons. The van der Waals surface area contributed by atoms with E-state index in [4.69, 9.17) is 0 Å². The average Bonchev–Trinajstić information content (AvgIpc) is 2.72. The lowest BCUT2D eigenvalue weighted by molar-refractivity contribution is 0.215. The van der Waals surface area contributed by atoms with E-state index >= 15 is 0 Å². The molecule has 0 nitrogen and oxygen atoms in total. The van der Waals surface area contributed by atoms with Crippen LogP contribution < -0.4 is 0 Å². The molecule has 0 aromatic heterocycles. The van der Waals surface area contributed by atoms with Crippen molar-refractivity contribution in [1.82, 2.24) is 0 Å². The van der Waals surface area contributed by atoms with Gasteiger partial charge in [0.25, 0.3) is 0 Å². The van der Waals surface area contributed by atoms with Gasteiger partial charge in [-0.1, -0.05) is 57.0 Å². The van der Waals surface area contributed by atoms with Crippen LogP contribution >= 0.6 is 0 Å². The molecule has 1 fully saturated rings. The van der Waals surface area contributed by atoms with Gasteiger partial charge in [-0.3, -0.25) is 0 Å². The highest BCUT2D eigenvalue weighted by Gasteiger charge is 2.29. The minimum atomic E-state index is -1.55. The van der Waals surface area contributed by atoms with E-state index in [1.165, 1.54) is 37.8 Å². The van der Waals surface area contributed by atoms with E-state index in [1.807, 2.05) is 0 Å². The predicted octanol–water partition coefficient (Wildman–Crippen LogP) is 7.94. The zero-order valence-corrected chi connectivity index (χ0v) is 17.3. The minimum Gasteiger partial charge on any atom is -0.206 e. The van der Waals surface area contributed by atoms with E-state index in [9.17, 15) is 17.6 Å². The monoisotopic (exact) mass is 414 g/mol. The molecule has 0 N–H and O–H groups in total. The fourth-order valence-electron chi connectivity index (χ4n) is 4.93. The van der Waals surface area contributed by atoms with Gasteiger partial charge in [0.2, 0.25) is 0 Å². The molecular weight excluding hydrogens is 388 g/mol. The quantitative estimate of drug-likeness (QED) is 0.353. The Hall–Kier alpha value is -2.36. The number of allylic oxidation sites excluding steroid dienone is 4. The molecule has 2 aromatic rings. The van der Waals surface area contributed by atoms with Crippen molar-refractivity contribution < 1.29 is 17.6 Å². The van der Waals surface area contributed by atoms with Crippen molar-refractivity contribution in [3.63, 3.8) is 0 Å². The summed E-state index contributed by atoms with van der Waals surface area (Å²) in [5.74, 6) is -2.41. The van der Waals surface area contributed by atoms with Gasteiger partial charge in [0, 0.05) is 5.56 Å². The molecule has 4 rings (SSSR count). The van der Waals surface area contributed by atoms with Crippen LogP contribution in [0.25, 0.3) is 16.7 Å². The van der Waals surface area contributed by atoms with Crippen LogP contribution in [-0.4, -0.2) is 0 Å². The van der Waals surface area contributed by atoms with E-state index in [0.717, 1.165) is 29.2 Å². The van der Waals surface area contributed by atoms with Gasteiger partial charge in [-0.05, 0) is 71.4 Å². The Morgan fingerprint density at radius 3 is 2.00 bits per heavy atom. The molecule has 2 aliphatic rings. The van der Waals surface area contributed by atoms with Crippen molar-refractivity contribution in [2.45, 2.75) is 39.5 Å². The van der Waals surface area contributed by atoms with Crippen LogP contribution in [0.4, 0.5) is 17.6 Å². The first-order valence-electron chi connectivity index (χ1n) is 10.7. The van der Waals surface area contributed by atoms with Crippen molar-refractivity contribution in [3.05, 3.63) is 77.4 Å². The summed E-state index contributed by atoms with van der Waals surface area (Å²) >= 11 is 0. The molecule has 1 saturated carbocycles. The van der Waals surface area contributed by atoms with E-state index in [1.54, 1.807) is 6.07 Å². The molecule has 2 aromatic carbocycles. The van der Waals surface area contributed by atoms with Crippen LogP contribution in [0.2, 0.25) is 0 Å². The second-order valence-electron chi connectivity index (χ2n) is 8.89. The molecule has 158 valence electrons. The van der Waals surface area contributed by atoms with Crippen molar-refractivity contribution in [3.8, 4) is 11.1 Å². The van der Waals surface area contributed by atoms with Crippen LogP contribution in [0.1, 0.15) is 45.1 Å². The molecular formula is C26H26F4. The maximum Gasteiger partial charge on any atom is 0.194 e. The molecule has 0 saturated heterocycles. The second kappa shape index (κ2) is 8.41. The van der Waals surface area contributed by atoms with Gasteiger partial charge in [0.15, 0.2) is 17.5 Å². The minimum absolute atomic E-state index is 0.0245. The van der Waals surface area contributed by atoms with Gasteiger partial charge in [-0.2, -0.15) is 0 Å². The zero-order valence-electron chi connectivity index (χ0n) is 17.3. The van der Waals surface area contributed by atoms with E-state index < -0.39 is 23.3 Å². The zero-order chi connectivity index (χ0) is 21.4. The summed E-state index contributed by atoms with van der Waals surface area (Å²) in [5, 5.41) is 0. The summed E-state index contributed by atoms with van der Waals surface area (Å²) < 4.78 is 55.0. The van der Waals surface area contributed by atoms with E-state index in [0.29, 0.717) is 17.8 Å². The van der Waals surface area contributed by atoms with Gasteiger partial charge in [0.1, 0.15) is 5.82 Å². The molecule has 2 aliphatic carbocycles. The van der Waals surface area contributed by atoms with Gasteiger partial charge in [0.05, 0.1) is 0 Å². The first-order valence-corrected chi connectivity index (χ1v) is 10.7. The molecule has 0 spiro atoms. The van der Waals surface area contributed by atoms with Crippen molar-refractivity contribution >= 4 is 5.57 Å². The Morgan fingerprint density at radius 2 is 1.40 bits per heavy atom. The fourth-order valence-corrected chi connectivity index (χ4v) is 4.93. The van der Waals surface area contributed by atoms with Gasteiger partial charge in [-0.25, -0.2) is 17.6 Å². The summed E-state index contributed by atoms with van der Waals surface area (Å²) in [6, 6.07) is 6.23. The highest BCUT2D eigenvalue weighted by molar-refractivity contribution is 5.77. The van der Waals surface area contributed by atoms with Crippen LogP contribution in [0.15, 0.2) is 48.6 Å². The standard InChI is InChI=1S/C26H26F4/c1-15-3-5-17(6-4-15)21-9-7-18(11-16(21)2)19-8-10-22(23(27)12-19)20-13-24(28)26(30)25(29)14-20/h7-17,21H,3-6H2,1-2H3/t15?,16?,17?,21-/m1/s1. The lowest BCUT2D eigenvalue weighted by Crippen LogP contribution is -2.25. The Balaban J connectivity index is 1.55. The third-order valence-electron chi connectivity index (χ3n) is 6.75. The summed E-state index contributed by atoms with van der Waals surface area (Å²) in [6.07, 6.45) is 11.6. The highest BCUT2D eigenvalue weighted by Crippen LogP contribution is 2.41. The molecule has 0 heterocycles. The highest BCUT2D eigenvalue weighted by atomic mass is 19.2. The summed E-state index contributed by atoms with van der Waals surface area (Å²) in [5.41, 5.74) is 1.69. The van der Waals surface area contributed by atoms with Crippen LogP contribution in [-0.2, 0) is 0 Å². The van der Waals surface area contributed by atoms with Crippen molar-refractivity contribution in [1.29, 1.82) is 0 Å². The van der Waals surface area contributed by atoms with Gasteiger partial charge < -0.3 is 0 Å². The second-order valence-corrected chi connectivity index (χ2v) is 8.89. The summed E-state index contributed by atoms with van der Waals surface area (Å²) in [6.45, 7) is 4.53. The molecule has 30 heavy (non-hydrogen) atoms. The Kier molecular flexibility index (Phi) is 5.86. The Bertz CT molecular complexity index is 973. The number of hydrogen-bond acceptors (Lipinski definition) is 0. The Morgan fingerprint density at radius 1 is 0.767 bits per heavy atom. The largest absolute Gasteiger partial charge is 0.206 e. The summed E-state index contributed by atoms with van der Waals surface area (Å²) in [7, 11) is 0. The number of halogens is 4. The molecule has 0 aliphatic heterocycles. The van der Waals surface area contributed by atoms with Crippen LogP contribution in [0.3, 0.4) is 0 Å². The molecule has 0 bridgehead atoms. The maximum atomic E-state index is 14.8. The maximum absolute atomic E-state index is 14.8. The normalized spacial score (nSPS) is 26.5. The third kappa shape index (κ3) is 4.10. The van der Waals surface area contributed by atoms with E-state index in [2.05, 4.69) is 32.1 Å². The summed E-state index contributed by atoms with van der Waals surface area (Å²) in [4.78, 5) is 0. The SMILES string of the molecule is CC1CCC([C@@H]2C=CC(c3ccc(-c4cc(F)c(F)c(F)c4)c(F)c3)=CC2C)CC1. The number of rotatable bonds is 3. The lowest BCUT2D eigenvalue weighted by Gasteiger charge is -2.35. The molecule has 0 amide bonds. The van der Waals surface area contributed by atoms with Crippen LogP contribution in [0, 0.1) is 46.9 Å². The third-order valence-corrected chi connectivity index (χ3v) is 6.75. The molecule has 1 unspecified atom stereocenters. The van der Waals surface area contributed by atoms with Crippen LogP contribution in [0.5, 0.6) is 0 Å². The van der Waals surface area contributed by atoms with Gasteiger partial charge >= 0.3 is 0 Å².